The predicted molar refractivity (Wildman–Crippen MR) is 67.1 cm³/mol. The molecule has 5 heteroatoms. The highest BCUT2D eigenvalue weighted by molar-refractivity contribution is 4.78. The third kappa shape index (κ3) is 6.61. The molecule has 2 atom stereocenters. The molecular formula is C13H25F2NO2. The second-order valence-corrected chi connectivity index (χ2v) is 4.79. The molecule has 0 aromatic rings. The summed E-state index contributed by atoms with van der Waals surface area (Å²) in [5.41, 5.74) is 0. The van der Waals surface area contributed by atoms with Crippen LogP contribution in [0.4, 0.5) is 8.78 Å². The van der Waals surface area contributed by atoms with Gasteiger partial charge >= 0.3 is 0 Å². The highest BCUT2D eigenvalue weighted by Crippen LogP contribution is 2.19. The second-order valence-electron chi connectivity index (χ2n) is 4.79. The van der Waals surface area contributed by atoms with Crippen LogP contribution in [-0.4, -0.2) is 45.4 Å². The molecule has 1 aliphatic heterocycles. The van der Waals surface area contributed by atoms with Crippen molar-refractivity contribution in [3.63, 3.8) is 0 Å². The summed E-state index contributed by atoms with van der Waals surface area (Å²) in [6.45, 7) is 4.63. The third-order valence-corrected chi connectivity index (χ3v) is 3.24. The minimum absolute atomic E-state index is 0.322. The maximum Gasteiger partial charge on any atom is 0.261 e. The zero-order chi connectivity index (χ0) is 13.2. The normalized spacial score (nSPS) is 22.3. The van der Waals surface area contributed by atoms with Crippen molar-refractivity contribution in [2.45, 2.75) is 45.1 Å². The van der Waals surface area contributed by atoms with Crippen molar-refractivity contribution in [2.75, 3.05) is 33.0 Å². The fraction of sp³-hybridized carbons (Fsp3) is 1.00. The molecule has 0 radical (unpaired) electrons. The Labute approximate surface area is 108 Å². The van der Waals surface area contributed by atoms with E-state index in [9.17, 15) is 8.78 Å². The lowest BCUT2D eigenvalue weighted by molar-refractivity contribution is 0.00327. The van der Waals surface area contributed by atoms with Crippen molar-refractivity contribution >= 4 is 0 Å². The van der Waals surface area contributed by atoms with Crippen LogP contribution in [0.15, 0.2) is 0 Å². The van der Waals surface area contributed by atoms with Crippen molar-refractivity contribution in [3.8, 4) is 0 Å². The average Bonchev–Trinajstić information content (AvgIpc) is 2.38. The Morgan fingerprint density at radius 2 is 2.28 bits per heavy atom. The van der Waals surface area contributed by atoms with Crippen LogP contribution in [0.25, 0.3) is 0 Å². The largest absolute Gasteiger partial charge is 0.381 e. The zero-order valence-corrected chi connectivity index (χ0v) is 11.2. The van der Waals surface area contributed by atoms with Crippen LogP contribution < -0.4 is 5.32 Å². The summed E-state index contributed by atoms with van der Waals surface area (Å²) >= 11 is 0. The first-order chi connectivity index (χ1) is 8.74. The van der Waals surface area contributed by atoms with E-state index in [0.29, 0.717) is 18.6 Å². The first-order valence-electron chi connectivity index (χ1n) is 6.91. The Balaban J connectivity index is 2.25. The van der Waals surface area contributed by atoms with Crippen molar-refractivity contribution in [3.05, 3.63) is 0 Å². The molecule has 0 bridgehead atoms. The van der Waals surface area contributed by atoms with Crippen LogP contribution in [0.2, 0.25) is 0 Å². The lowest BCUT2D eigenvalue weighted by atomic mass is 9.91. The summed E-state index contributed by atoms with van der Waals surface area (Å²) in [6, 6.07) is 0.322. The van der Waals surface area contributed by atoms with Gasteiger partial charge in [0.05, 0.1) is 6.61 Å². The van der Waals surface area contributed by atoms with E-state index in [4.69, 9.17) is 9.47 Å². The first kappa shape index (κ1) is 15.8. The molecule has 0 spiro atoms. The van der Waals surface area contributed by atoms with Gasteiger partial charge in [-0.25, -0.2) is 8.78 Å². The highest BCUT2D eigenvalue weighted by atomic mass is 19.3. The van der Waals surface area contributed by atoms with Gasteiger partial charge in [0.2, 0.25) is 0 Å². The molecule has 1 fully saturated rings. The van der Waals surface area contributed by atoms with E-state index in [1.165, 1.54) is 0 Å². The molecule has 108 valence electrons. The summed E-state index contributed by atoms with van der Waals surface area (Å²) in [6.07, 6.45) is 1.72. The molecule has 1 heterocycles. The van der Waals surface area contributed by atoms with Gasteiger partial charge in [0, 0.05) is 19.3 Å². The first-order valence-corrected chi connectivity index (χ1v) is 6.91. The van der Waals surface area contributed by atoms with E-state index in [1.54, 1.807) is 0 Å². The van der Waals surface area contributed by atoms with Gasteiger partial charge in [-0.05, 0) is 38.1 Å². The standard InChI is InChI=1S/C13H25F2NO2/c1-2-6-16-12(5-8-18-10-13(14)15)11-4-3-7-17-9-11/h11-13,16H,2-10H2,1H3. The molecule has 3 nitrogen and oxygen atoms in total. The lowest BCUT2D eigenvalue weighted by Gasteiger charge is -2.31. The van der Waals surface area contributed by atoms with Crippen LogP contribution in [0, 0.1) is 5.92 Å². The number of rotatable bonds is 9. The van der Waals surface area contributed by atoms with E-state index in [0.717, 1.165) is 45.4 Å². The molecular weight excluding hydrogens is 240 g/mol. The van der Waals surface area contributed by atoms with Crippen molar-refractivity contribution in [1.82, 2.24) is 5.32 Å². The minimum atomic E-state index is -2.37. The van der Waals surface area contributed by atoms with E-state index >= 15 is 0 Å². The van der Waals surface area contributed by atoms with Gasteiger partial charge in [-0.1, -0.05) is 6.92 Å². The van der Waals surface area contributed by atoms with Gasteiger partial charge < -0.3 is 14.8 Å². The maximum absolute atomic E-state index is 12.0. The van der Waals surface area contributed by atoms with Crippen molar-refractivity contribution < 1.29 is 18.3 Å². The zero-order valence-electron chi connectivity index (χ0n) is 11.2. The Morgan fingerprint density at radius 3 is 2.89 bits per heavy atom. The Bertz CT molecular complexity index is 199. The third-order valence-electron chi connectivity index (χ3n) is 3.24. The number of hydrogen-bond donors (Lipinski definition) is 1. The van der Waals surface area contributed by atoms with Gasteiger partial charge in [-0.15, -0.1) is 0 Å². The smallest absolute Gasteiger partial charge is 0.261 e. The molecule has 0 amide bonds. The number of hydrogen-bond acceptors (Lipinski definition) is 3. The number of ether oxygens (including phenoxy) is 2. The van der Waals surface area contributed by atoms with Crippen LogP contribution in [0.3, 0.4) is 0 Å². The van der Waals surface area contributed by atoms with Crippen LogP contribution in [0.5, 0.6) is 0 Å². The number of alkyl halides is 2. The molecule has 1 aliphatic rings. The predicted octanol–water partition coefficient (Wildman–Crippen LogP) is 2.45. The monoisotopic (exact) mass is 265 g/mol. The molecule has 1 N–H and O–H groups in total. The summed E-state index contributed by atoms with van der Waals surface area (Å²) < 4.78 is 34.4. The SMILES string of the molecule is CCCNC(CCOCC(F)F)C1CCCOC1. The molecule has 0 aromatic carbocycles. The summed E-state index contributed by atoms with van der Waals surface area (Å²) in [7, 11) is 0. The number of nitrogens with one attached hydrogen (secondary N) is 1. The Morgan fingerprint density at radius 1 is 1.44 bits per heavy atom. The van der Waals surface area contributed by atoms with E-state index in [2.05, 4.69) is 12.2 Å². The van der Waals surface area contributed by atoms with Crippen LogP contribution in [0.1, 0.15) is 32.6 Å². The van der Waals surface area contributed by atoms with E-state index in [-0.39, 0.29) is 0 Å². The van der Waals surface area contributed by atoms with Crippen LogP contribution in [-0.2, 0) is 9.47 Å². The Hall–Kier alpha value is -0.260. The van der Waals surface area contributed by atoms with Gasteiger partial charge in [0.1, 0.15) is 6.61 Å². The topological polar surface area (TPSA) is 30.5 Å². The van der Waals surface area contributed by atoms with Crippen molar-refractivity contribution in [1.29, 1.82) is 0 Å². The molecule has 0 aromatic heterocycles. The fourth-order valence-corrected chi connectivity index (χ4v) is 2.30. The van der Waals surface area contributed by atoms with Crippen LogP contribution >= 0.6 is 0 Å². The summed E-state index contributed by atoms with van der Waals surface area (Å²) in [4.78, 5) is 0. The maximum atomic E-state index is 12.0. The molecule has 1 rings (SSSR count). The van der Waals surface area contributed by atoms with Crippen molar-refractivity contribution in [2.24, 2.45) is 5.92 Å². The molecule has 1 saturated heterocycles. The quantitative estimate of drug-likeness (QED) is 0.650. The highest BCUT2D eigenvalue weighted by Gasteiger charge is 2.23. The second kappa shape index (κ2) is 9.64. The molecule has 2 unspecified atom stereocenters. The van der Waals surface area contributed by atoms with Gasteiger partial charge in [0.15, 0.2) is 0 Å². The Kier molecular flexibility index (Phi) is 8.46. The lowest BCUT2D eigenvalue weighted by Crippen LogP contribution is -2.41. The minimum Gasteiger partial charge on any atom is -0.381 e. The summed E-state index contributed by atoms with van der Waals surface area (Å²) in [5, 5.41) is 3.48. The summed E-state index contributed by atoms with van der Waals surface area (Å²) in [5.74, 6) is 0.487. The molecule has 18 heavy (non-hydrogen) atoms. The molecule has 0 aliphatic carbocycles. The van der Waals surface area contributed by atoms with Gasteiger partial charge in [-0.2, -0.15) is 0 Å². The van der Waals surface area contributed by atoms with Gasteiger partial charge in [0.25, 0.3) is 6.43 Å². The van der Waals surface area contributed by atoms with E-state index < -0.39 is 13.0 Å². The van der Waals surface area contributed by atoms with Gasteiger partial charge in [-0.3, -0.25) is 0 Å². The fourth-order valence-electron chi connectivity index (χ4n) is 2.30. The molecule has 0 saturated carbocycles. The average molecular weight is 265 g/mol. The van der Waals surface area contributed by atoms with E-state index in [1.807, 2.05) is 0 Å². The number of halogens is 2.